The van der Waals surface area contributed by atoms with E-state index >= 15 is 0 Å². The van der Waals surface area contributed by atoms with E-state index < -0.39 is 0 Å². The molecule has 1 N–H and O–H groups in total. The van der Waals surface area contributed by atoms with Crippen molar-refractivity contribution < 1.29 is 4.74 Å². The third-order valence-electron chi connectivity index (χ3n) is 3.67. The molecular formula is C14H23N3O. The fraction of sp³-hybridized carbons (Fsp3) is 0.714. The Bertz CT molecular complexity index is 375. The van der Waals surface area contributed by atoms with Gasteiger partial charge in [0, 0.05) is 19.9 Å². The smallest absolute Gasteiger partial charge is 0.162 e. The van der Waals surface area contributed by atoms with Crippen LogP contribution in [-0.2, 0) is 10.3 Å². The van der Waals surface area contributed by atoms with Crippen molar-refractivity contribution >= 4 is 5.82 Å². The predicted molar refractivity (Wildman–Crippen MR) is 72.6 cm³/mol. The van der Waals surface area contributed by atoms with Crippen LogP contribution in [0.25, 0.3) is 0 Å². The summed E-state index contributed by atoms with van der Waals surface area (Å²) in [7, 11) is 1.78. The van der Waals surface area contributed by atoms with Crippen LogP contribution < -0.4 is 5.32 Å². The Hall–Kier alpha value is -1.16. The first-order valence-electron chi connectivity index (χ1n) is 6.93. The maximum atomic E-state index is 5.77. The van der Waals surface area contributed by atoms with Crippen LogP contribution in [0.3, 0.4) is 0 Å². The van der Waals surface area contributed by atoms with Crippen molar-refractivity contribution in [3.05, 3.63) is 18.1 Å². The topological polar surface area (TPSA) is 47.0 Å². The second-order valence-electron chi connectivity index (χ2n) is 4.95. The molecule has 4 nitrogen and oxygen atoms in total. The minimum Gasteiger partial charge on any atom is -0.370 e. The summed E-state index contributed by atoms with van der Waals surface area (Å²) in [4.78, 5) is 9.07. The molecule has 2 rings (SSSR count). The van der Waals surface area contributed by atoms with Gasteiger partial charge >= 0.3 is 0 Å². The highest BCUT2D eigenvalue weighted by molar-refractivity contribution is 5.33. The summed E-state index contributed by atoms with van der Waals surface area (Å²) in [6.45, 7) is 3.09. The maximum absolute atomic E-state index is 5.77. The molecule has 18 heavy (non-hydrogen) atoms. The highest BCUT2D eigenvalue weighted by atomic mass is 16.5. The number of hydrogen-bond donors (Lipinski definition) is 1. The van der Waals surface area contributed by atoms with E-state index in [4.69, 9.17) is 4.74 Å². The highest BCUT2D eigenvalue weighted by Crippen LogP contribution is 2.38. The van der Waals surface area contributed by atoms with Crippen LogP contribution in [0, 0.1) is 0 Å². The van der Waals surface area contributed by atoms with Gasteiger partial charge in [0.05, 0.1) is 0 Å². The number of nitrogens with zero attached hydrogens (tertiary/aromatic N) is 2. The van der Waals surface area contributed by atoms with Gasteiger partial charge in [0.25, 0.3) is 0 Å². The van der Waals surface area contributed by atoms with Gasteiger partial charge in [0.15, 0.2) is 5.82 Å². The van der Waals surface area contributed by atoms with E-state index in [0.29, 0.717) is 0 Å². The molecule has 1 aliphatic rings. The van der Waals surface area contributed by atoms with Gasteiger partial charge in [0.1, 0.15) is 11.4 Å². The summed E-state index contributed by atoms with van der Waals surface area (Å²) < 4.78 is 5.77. The molecule has 0 aliphatic heterocycles. The number of nitrogens with one attached hydrogen (secondary N) is 1. The van der Waals surface area contributed by atoms with Gasteiger partial charge in [-0.25, -0.2) is 9.97 Å². The molecule has 0 unspecified atom stereocenters. The van der Waals surface area contributed by atoms with Gasteiger partial charge in [-0.15, -0.1) is 0 Å². The highest BCUT2D eigenvalue weighted by Gasteiger charge is 2.36. The third-order valence-corrected chi connectivity index (χ3v) is 3.67. The average molecular weight is 249 g/mol. The van der Waals surface area contributed by atoms with Crippen LogP contribution in [0.1, 0.15) is 51.3 Å². The lowest BCUT2D eigenvalue weighted by atomic mass is 9.84. The van der Waals surface area contributed by atoms with Crippen LogP contribution in [0.2, 0.25) is 0 Å². The second-order valence-corrected chi connectivity index (χ2v) is 4.95. The van der Waals surface area contributed by atoms with Crippen molar-refractivity contribution in [2.45, 2.75) is 51.0 Å². The van der Waals surface area contributed by atoms with E-state index in [1.807, 2.05) is 12.3 Å². The van der Waals surface area contributed by atoms with Crippen molar-refractivity contribution in [2.75, 3.05) is 19.0 Å². The lowest BCUT2D eigenvalue weighted by molar-refractivity contribution is -0.0514. The fourth-order valence-corrected chi connectivity index (χ4v) is 2.57. The number of ether oxygens (including phenoxy) is 1. The zero-order valence-corrected chi connectivity index (χ0v) is 11.4. The minimum absolute atomic E-state index is 0.262. The van der Waals surface area contributed by atoms with Crippen LogP contribution >= 0.6 is 0 Å². The molecule has 1 heterocycles. The molecule has 1 aliphatic carbocycles. The van der Waals surface area contributed by atoms with Crippen molar-refractivity contribution in [1.82, 2.24) is 9.97 Å². The molecule has 100 valence electrons. The van der Waals surface area contributed by atoms with Crippen LogP contribution in [0.5, 0.6) is 0 Å². The number of hydrogen-bond acceptors (Lipinski definition) is 4. The van der Waals surface area contributed by atoms with Crippen molar-refractivity contribution in [2.24, 2.45) is 0 Å². The Balaban J connectivity index is 2.19. The van der Waals surface area contributed by atoms with E-state index in [1.54, 1.807) is 7.11 Å². The number of aromatic nitrogens is 2. The summed E-state index contributed by atoms with van der Waals surface area (Å²) in [5.74, 6) is 1.75. The Kier molecular flexibility index (Phi) is 4.53. The van der Waals surface area contributed by atoms with Crippen molar-refractivity contribution in [3.8, 4) is 0 Å². The molecule has 0 saturated heterocycles. The normalized spacial score (nSPS) is 18.6. The first-order chi connectivity index (χ1) is 8.80. The first kappa shape index (κ1) is 13.3. The van der Waals surface area contributed by atoms with Crippen molar-refractivity contribution in [1.29, 1.82) is 0 Å². The van der Waals surface area contributed by atoms with Gasteiger partial charge in [0.2, 0.25) is 0 Å². The minimum atomic E-state index is -0.262. The Morgan fingerprint density at radius 2 is 2.11 bits per heavy atom. The molecule has 1 fully saturated rings. The van der Waals surface area contributed by atoms with E-state index in [-0.39, 0.29) is 5.60 Å². The average Bonchev–Trinajstić information content (AvgIpc) is 2.46. The number of methoxy groups -OCH3 is 1. The molecule has 1 aromatic heterocycles. The zero-order valence-electron chi connectivity index (χ0n) is 11.4. The van der Waals surface area contributed by atoms with Gasteiger partial charge in [-0.1, -0.05) is 26.2 Å². The number of anilines is 1. The maximum Gasteiger partial charge on any atom is 0.162 e. The Morgan fingerprint density at radius 3 is 2.78 bits per heavy atom. The molecule has 1 saturated carbocycles. The molecule has 0 bridgehead atoms. The SMILES string of the molecule is CCCNc1ccnc(C2(OC)CCCCC2)n1. The first-order valence-corrected chi connectivity index (χ1v) is 6.93. The number of rotatable bonds is 5. The Morgan fingerprint density at radius 1 is 1.33 bits per heavy atom. The lowest BCUT2D eigenvalue weighted by Crippen LogP contribution is -2.33. The van der Waals surface area contributed by atoms with Gasteiger partial charge < -0.3 is 10.1 Å². The lowest BCUT2D eigenvalue weighted by Gasteiger charge is -2.34. The fourth-order valence-electron chi connectivity index (χ4n) is 2.57. The van der Waals surface area contributed by atoms with Gasteiger partial charge in [-0.3, -0.25) is 0 Å². The zero-order chi connectivity index (χ0) is 12.8. The predicted octanol–water partition coefficient (Wildman–Crippen LogP) is 3.10. The molecule has 0 atom stereocenters. The second kappa shape index (κ2) is 6.14. The monoisotopic (exact) mass is 249 g/mol. The standard InChI is InChI=1S/C14H23N3O/c1-3-10-15-12-7-11-16-13(17-12)14(18-2)8-5-4-6-9-14/h7,11H,3-6,8-10H2,1-2H3,(H,15,16,17). The van der Waals surface area contributed by atoms with Crippen LogP contribution in [0.15, 0.2) is 12.3 Å². The third kappa shape index (κ3) is 2.80. The van der Waals surface area contributed by atoms with Crippen LogP contribution in [0.4, 0.5) is 5.82 Å². The molecule has 4 heteroatoms. The van der Waals surface area contributed by atoms with E-state index in [9.17, 15) is 0 Å². The van der Waals surface area contributed by atoms with Gasteiger partial charge in [-0.2, -0.15) is 0 Å². The van der Waals surface area contributed by atoms with Crippen molar-refractivity contribution in [3.63, 3.8) is 0 Å². The van der Waals surface area contributed by atoms with E-state index in [2.05, 4.69) is 22.2 Å². The quantitative estimate of drug-likeness (QED) is 0.871. The Labute approximate surface area is 109 Å². The van der Waals surface area contributed by atoms with Crippen LogP contribution in [-0.4, -0.2) is 23.6 Å². The molecule has 0 radical (unpaired) electrons. The molecule has 0 spiro atoms. The summed E-state index contributed by atoms with van der Waals surface area (Å²) >= 11 is 0. The largest absolute Gasteiger partial charge is 0.370 e. The molecular weight excluding hydrogens is 226 g/mol. The summed E-state index contributed by atoms with van der Waals surface area (Å²) in [6, 6.07) is 1.92. The van der Waals surface area contributed by atoms with Gasteiger partial charge in [-0.05, 0) is 25.3 Å². The van der Waals surface area contributed by atoms with E-state index in [0.717, 1.165) is 37.4 Å². The summed E-state index contributed by atoms with van der Waals surface area (Å²) in [6.07, 6.45) is 8.67. The molecule has 0 aromatic carbocycles. The van der Waals surface area contributed by atoms with E-state index in [1.165, 1.54) is 19.3 Å². The molecule has 0 amide bonds. The summed E-state index contributed by atoms with van der Waals surface area (Å²) in [5, 5.41) is 3.31. The molecule has 1 aromatic rings. The summed E-state index contributed by atoms with van der Waals surface area (Å²) in [5.41, 5.74) is -0.262.